The van der Waals surface area contributed by atoms with Gasteiger partial charge in [0.15, 0.2) is 0 Å². The van der Waals surface area contributed by atoms with E-state index >= 15 is 0 Å². The lowest BCUT2D eigenvalue weighted by atomic mass is 9.88. The molecule has 0 fully saturated rings. The second-order valence-electron chi connectivity index (χ2n) is 4.56. The van der Waals surface area contributed by atoms with E-state index in [4.69, 9.17) is 10.2 Å². The summed E-state index contributed by atoms with van der Waals surface area (Å²) < 4.78 is 0. The predicted molar refractivity (Wildman–Crippen MR) is 55.7 cm³/mol. The summed E-state index contributed by atoms with van der Waals surface area (Å²) in [6.45, 7) is 4.80. The van der Waals surface area contributed by atoms with Gasteiger partial charge in [-0.25, -0.2) is 0 Å². The Morgan fingerprint density at radius 3 is 1.92 bits per heavy atom. The number of rotatable bonds is 8. The molecule has 0 aliphatic rings. The molecule has 0 bridgehead atoms. The van der Waals surface area contributed by atoms with E-state index in [1.165, 1.54) is 19.3 Å². The first kappa shape index (κ1) is 12.9. The van der Waals surface area contributed by atoms with Crippen molar-refractivity contribution >= 4 is 0 Å². The van der Waals surface area contributed by atoms with Crippen LogP contribution in [0.2, 0.25) is 0 Å². The zero-order valence-corrected chi connectivity index (χ0v) is 9.05. The van der Waals surface area contributed by atoms with E-state index in [-0.39, 0.29) is 12.0 Å². The lowest BCUT2D eigenvalue weighted by molar-refractivity contribution is 0.147. The van der Waals surface area contributed by atoms with E-state index in [0.717, 1.165) is 19.3 Å². The van der Waals surface area contributed by atoms with Gasteiger partial charge in [-0.05, 0) is 18.3 Å². The van der Waals surface area contributed by atoms with Crippen LogP contribution in [0.25, 0.3) is 0 Å². The number of hydrogen-bond acceptors (Lipinski definition) is 2. The normalized spacial score (nSPS) is 12.0. The van der Waals surface area contributed by atoms with Gasteiger partial charge < -0.3 is 10.2 Å². The molecule has 13 heavy (non-hydrogen) atoms. The van der Waals surface area contributed by atoms with Crippen molar-refractivity contribution in [2.45, 2.75) is 52.4 Å². The highest BCUT2D eigenvalue weighted by Crippen LogP contribution is 2.22. The first-order chi connectivity index (χ1) is 6.12. The van der Waals surface area contributed by atoms with E-state index in [1.54, 1.807) is 0 Å². The highest BCUT2D eigenvalue weighted by molar-refractivity contribution is 4.66. The minimum atomic E-state index is 0.0942. The summed E-state index contributed by atoms with van der Waals surface area (Å²) in [6, 6.07) is 0. The van der Waals surface area contributed by atoms with Crippen molar-refractivity contribution in [2.75, 3.05) is 13.2 Å². The molecule has 0 aliphatic carbocycles. The maximum absolute atomic E-state index is 9.00. The Bertz CT molecular complexity index is 111. The molecule has 80 valence electrons. The van der Waals surface area contributed by atoms with Crippen molar-refractivity contribution in [3.63, 3.8) is 0 Å². The van der Waals surface area contributed by atoms with Crippen LogP contribution in [0, 0.1) is 5.41 Å². The Morgan fingerprint density at radius 1 is 0.846 bits per heavy atom. The van der Waals surface area contributed by atoms with Gasteiger partial charge in [-0.15, -0.1) is 0 Å². The molecule has 0 spiro atoms. The third kappa shape index (κ3) is 8.26. The smallest absolute Gasteiger partial charge is 0.0482 e. The Kier molecular flexibility index (Phi) is 7.29. The van der Waals surface area contributed by atoms with Crippen molar-refractivity contribution in [3.05, 3.63) is 0 Å². The van der Waals surface area contributed by atoms with E-state index in [2.05, 4.69) is 13.8 Å². The van der Waals surface area contributed by atoms with Crippen LogP contribution in [0.1, 0.15) is 52.4 Å². The summed E-state index contributed by atoms with van der Waals surface area (Å²) in [5.41, 5.74) is 0.0942. The van der Waals surface area contributed by atoms with Crippen LogP contribution in [0.15, 0.2) is 0 Å². The van der Waals surface area contributed by atoms with E-state index in [0.29, 0.717) is 6.61 Å². The van der Waals surface area contributed by atoms with E-state index in [9.17, 15) is 0 Å². The second-order valence-corrected chi connectivity index (χ2v) is 4.56. The Morgan fingerprint density at radius 2 is 1.38 bits per heavy atom. The summed E-state index contributed by atoms with van der Waals surface area (Å²) in [5, 5.41) is 17.6. The van der Waals surface area contributed by atoms with Gasteiger partial charge in [-0.2, -0.15) is 0 Å². The van der Waals surface area contributed by atoms with Gasteiger partial charge in [-0.3, -0.25) is 0 Å². The Balaban J connectivity index is 3.16. The van der Waals surface area contributed by atoms with E-state index in [1.807, 2.05) is 0 Å². The Hall–Kier alpha value is -0.0800. The first-order valence-electron chi connectivity index (χ1n) is 5.34. The Labute approximate surface area is 82.0 Å². The van der Waals surface area contributed by atoms with Gasteiger partial charge in [0.25, 0.3) is 0 Å². The predicted octanol–water partition coefficient (Wildman–Crippen LogP) is 2.34. The topological polar surface area (TPSA) is 40.5 Å². The minimum Gasteiger partial charge on any atom is -0.396 e. The quantitative estimate of drug-likeness (QED) is 0.574. The molecule has 0 heterocycles. The van der Waals surface area contributed by atoms with Gasteiger partial charge in [0, 0.05) is 13.2 Å². The maximum atomic E-state index is 9.00. The van der Waals surface area contributed by atoms with Crippen molar-refractivity contribution in [2.24, 2.45) is 5.41 Å². The largest absolute Gasteiger partial charge is 0.396 e. The first-order valence-corrected chi connectivity index (χ1v) is 5.34. The van der Waals surface area contributed by atoms with Crippen molar-refractivity contribution < 1.29 is 10.2 Å². The molecule has 0 atom stereocenters. The lowest BCUT2D eigenvalue weighted by Crippen LogP contribution is -2.16. The van der Waals surface area contributed by atoms with Crippen LogP contribution >= 0.6 is 0 Å². The highest BCUT2D eigenvalue weighted by Gasteiger charge is 2.14. The zero-order chi connectivity index (χ0) is 10.2. The van der Waals surface area contributed by atoms with Gasteiger partial charge in [-0.1, -0.05) is 39.5 Å². The van der Waals surface area contributed by atoms with Crippen LogP contribution in [0.3, 0.4) is 0 Å². The third-order valence-electron chi connectivity index (χ3n) is 2.44. The number of unbranched alkanes of at least 4 members (excludes halogenated alkanes) is 4. The molecule has 0 unspecified atom stereocenters. The molecule has 0 radical (unpaired) electrons. The molecule has 2 nitrogen and oxygen atoms in total. The molecule has 0 aromatic heterocycles. The van der Waals surface area contributed by atoms with Gasteiger partial charge in [0.2, 0.25) is 0 Å². The van der Waals surface area contributed by atoms with Crippen LogP contribution in [-0.2, 0) is 0 Å². The fraction of sp³-hybridized carbons (Fsp3) is 1.00. The third-order valence-corrected chi connectivity index (χ3v) is 2.44. The fourth-order valence-corrected chi connectivity index (χ4v) is 1.32. The van der Waals surface area contributed by atoms with Crippen molar-refractivity contribution in [3.8, 4) is 0 Å². The summed E-state index contributed by atoms with van der Waals surface area (Å²) in [4.78, 5) is 0. The van der Waals surface area contributed by atoms with Crippen LogP contribution in [-0.4, -0.2) is 23.4 Å². The molecule has 0 aromatic carbocycles. The standard InChI is InChI=1S/C11H24O2/c1-11(2,10-13)8-6-4-3-5-7-9-12/h12-13H,3-10H2,1-2H3. The van der Waals surface area contributed by atoms with Gasteiger partial charge >= 0.3 is 0 Å². The highest BCUT2D eigenvalue weighted by atomic mass is 16.3. The summed E-state index contributed by atoms with van der Waals surface area (Å²) in [6.07, 6.45) is 6.80. The minimum absolute atomic E-state index is 0.0942. The molecule has 0 aliphatic heterocycles. The monoisotopic (exact) mass is 188 g/mol. The zero-order valence-electron chi connectivity index (χ0n) is 9.05. The molecule has 0 rings (SSSR count). The molecule has 2 heteroatoms. The van der Waals surface area contributed by atoms with Crippen LogP contribution in [0.5, 0.6) is 0 Å². The number of aliphatic hydroxyl groups excluding tert-OH is 2. The molecule has 0 aromatic rings. The maximum Gasteiger partial charge on any atom is 0.0482 e. The summed E-state index contributed by atoms with van der Waals surface area (Å²) in [7, 11) is 0. The lowest BCUT2D eigenvalue weighted by Gasteiger charge is -2.20. The molecule has 0 saturated carbocycles. The molecule has 2 N–H and O–H groups in total. The van der Waals surface area contributed by atoms with Crippen LogP contribution in [0.4, 0.5) is 0 Å². The summed E-state index contributed by atoms with van der Waals surface area (Å²) >= 11 is 0. The molecular formula is C11H24O2. The number of hydrogen-bond donors (Lipinski definition) is 2. The SMILES string of the molecule is CC(C)(CO)CCCCCCCO. The molecule has 0 amide bonds. The van der Waals surface area contributed by atoms with Gasteiger partial charge in [0.05, 0.1) is 0 Å². The van der Waals surface area contributed by atoms with Gasteiger partial charge in [0.1, 0.15) is 0 Å². The van der Waals surface area contributed by atoms with Crippen molar-refractivity contribution in [1.29, 1.82) is 0 Å². The second kappa shape index (κ2) is 7.34. The van der Waals surface area contributed by atoms with Crippen LogP contribution < -0.4 is 0 Å². The fourth-order valence-electron chi connectivity index (χ4n) is 1.32. The van der Waals surface area contributed by atoms with E-state index < -0.39 is 0 Å². The molecule has 0 saturated heterocycles. The number of aliphatic hydroxyl groups is 2. The average Bonchev–Trinajstić information content (AvgIpc) is 2.11. The van der Waals surface area contributed by atoms with Crippen molar-refractivity contribution in [1.82, 2.24) is 0 Å². The summed E-state index contributed by atoms with van der Waals surface area (Å²) in [5.74, 6) is 0. The molecular weight excluding hydrogens is 164 g/mol. The average molecular weight is 188 g/mol.